The first-order chi connectivity index (χ1) is 13.4. The number of hydrogen-bond acceptors (Lipinski definition) is 4. The van der Waals surface area contributed by atoms with E-state index in [9.17, 15) is 13.2 Å². The average molecular weight is 398 g/mol. The molecule has 6 nitrogen and oxygen atoms in total. The zero-order valence-electron chi connectivity index (χ0n) is 15.7. The Kier molecular flexibility index (Phi) is 5.96. The molecule has 2 N–H and O–H groups in total. The fourth-order valence-corrected chi connectivity index (χ4v) is 3.72. The maximum absolute atomic E-state index is 12.7. The van der Waals surface area contributed by atoms with E-state index in [1.54, 1.807) is 25.1 Å². The summed E-state index contributed by atoms with van der Waals surface area (Å²) in [7, 11) is -3.78. The van der Waals surface area contributed by atoms with Gasteiger partial charge in [-0.3, -0.25) is 4.79 Å². The normalized spacial score (nSPS) is 11.4. The molecule has 2 aromatic carbocycles. The van der Waals surface area contributed by atoms with Gasteiger partial charge in [0.2, 0.25) is 10.0 Å². The second-order valence-electron chi connectivity index (χ2n) is 6.39. The number of amides is 1. The molecular formula is C21H22N2O4S. The largest absolute Gasteiger partial charge is 0.468 e. The zero-order valence-corrected chi connectivity index (χ0v) is 16.5. The van der Waals surface area contributed by atoms with Crippen LogP contribution in [-0.2, 0) is 23.0 Å². The topological polar surface area (TPSA) is 88.4 Å². The molecule has 0 aliphatic rings. The van der Waals surface area contributed by atoms with Gasteiger partial charge in [-0.1, -0.05) is 25.1 Å². The van der Waals surface area contributed by atoms with Gasteiger partial charge in [0.1, 0.15) is 5.76 Å². The third-order valence-corrected chi connectivity index (χ3v) is 5.80. The van der Waals surface area contributed by atoms with Gasteiger partial charge in [0.25, 0.3) is 5.91 Å². The van der Waals surface area contributed by atoms with Crippen LogP contribution in [0.25, 0.3) is 0 Å². The minimum atomic E-state index is -3.78. The highest BCUT2D eigenvalue weighted by Crippen LogP contribution is 2.18. The number of carbonyl (C=O) groups is 1. The van der Waals surface area contributed by atoms with Crippen LogP contribution in [0.2, 0.25) is 0 Å². The van der Waals surface area contributed by atoms with Crippen molar-refractivity contribution in [3.8, 4) is 0 Å². The third-order valence-electron chi connectivity index (χ3n) is 4.40. The Morgan fingerprint density at radius 1 is 1.07 bits per heavy atom. The quantitative estimate of drug-likeness (QED) is 0.632. The maximum atomic E-state index is 12.7. The van der Waals surface area contributed by atoms with Crippen molar-refractivity contribution < 1.29 is 17.6 Å². The molecule has 1 heterocycles. The summed E-state index contributed by atoms with van der Waals surface area (Å²) in [5.74, 6) is 0.147. The minimum Gasteiger partial charge on any atom is -0.468 e. The Morgan fingerprint density at radius 2 is 1.82 bits per heavy atom. The Bertz CT molecular complexity index is 1060. The van der Waals surface area contributed by atoms with Gasteiger partial charge in [0.05, 0.1) is 17.7 Å². The first kappa shape index (κ1) is 19.9. The number of carbonyl (C=O) groups excluding carboxylic acids is 1. The van der Waals surface area contributed by atoms with Crippen LogP contribution in [0.5, 0.6) is 0 Å². The summed E-state index contributed by atoms with van der Waals surface area (Å²) in [6, 6.07) is 15.4. The number of furan rings is 1. The van der Waals surface area contributed by atoms with E-state index in [0.29, 0.717) is 22.6 Å². The molecule has 0 fully saturated rings. The summed E-state index contributed by atoms with van der Waals surface area (Å²) in [5.41, 5.74) is 2.82. The Balaban J connectivity index is 1.78. The predicted molar refractivity (Wildman–Crippen MR) is 108 cm³/mol. The van der Waals surface area contributed by atoms with Gasteiger partial charge in [-0.2, -0.15) is 0 Å². The monoisotopic (exact) mass is 398 g/mol. The molecule has 3 aromatic rings. The van der Waals surface area contributed by atoms with Crippen molar-refractivity contribution in [2.75, 3.05) is 5.32 Å². The molecule has 146 valence electrons. The van der Waals surface area contributed by atoms with E-state index < -0.39 is 10.0 Å². The molecule has 0 saturated heterocycles. The van der Waals surface area contributed by atoms with Gasteiger partial charge >= 0.3 is 0 Å². The van der Waals surface area contributed by atoms with Crippen LogP contribution in [0.15, 0.2) is 70.2 Å². The summed E-state index contributed by atoms with van der Waals surface area (Å²) in [5, 5.41) is 2.81. The van der Waals surface area contributed by atoms with E-state index in [-0.39, 0.29) is 17.3 Å². The van der Waals surface area contributed by atoms with E-state index >= 15 is 0 Å². The molecule has 0 bridgehead atoms. The second kappa shape index (κ2) is 8.41. The zero-order chi connectivity index (χ0) is 20.1. The van der Waals surface area contributed by atoms with Crippen molar-refractivity contribution >= 4 is 21.6 Å². The number of sulfonamides is 1. The first-order valence-corrected chi connectivity index (χ1v) is 10.4. The molecule has 0 saturated carbocycles. The highest BCUT2D eigenvalue weighted by molar-refractivity contribution is 7.89. The molecule has 0 spiro atoms. The van der Waals surface area contributed by atoms with Gasteiger partial charge in [-0.15, -0.1) is 0 Å². The standard InChI is InChI=1S/C21H22N2O4S/c1-3-16-7-9-17(10-8-16)23-21(24)20-13-19(11-6-15(20)2)28(25,26)22-14-18-5-4-12-27-18/h4-13,22H,3,14H2,1-2H3,(H,23,24). The van der Waals surface area contributed by atoms with E-state index in [1.165, 1.54) is 24.0 Å². The minimum absolute atomic E-state index is 0.0242. The molecule has 1 amide bonds. The number of hydrogen-bond donors (Lipinski definition) is 2. The molecule has 28 heavy (non-hydrogen) atoms. The van der Waals surface area contributed by atoms with E-state index in [2.05, 4.69) is 17.0 Å². The summed E-state index contributed by atoms with van der Waals surface area (Å²) < 4.78 is 32.7. The van der Waals surface area contributed by atoms with Gasteiger partial charge < -0.3 is 9.73 Å². The van der Waals surface area contributed by atoms with Crippen molar-refractivity contribution in [3.05, 3.63) is 83.3 Å². The van der Waals surface area contributed by atoms with Crippen LogP contribution in [0.1, 0.15) is 34.2 Å². The van der Waals surface area contributed by atoms with Crippen LogP contribution in [0, 0.1) is 6.92 Å². The van der Waals surface area contributed by atoms with Gasteiger partial charge in [0, 0.05) is 11.3 Å². The van der Waals surface area contributed by atoms with Crippen LogP contribution >= 0.6 is 0 Å². The lowest BCUT2D eigenvalue weighted by Crippen LogP contribution is -2.24. The maximum Gasteiger partial charge on any atom is 0.255 e. The van der Waals surface area contributed by atoms with Gasteiger partial charge in [-0.05, 0) is 60.9 Å². The molecule has 0 aliphatic heterocycles. The molecule has 0 unspecified atom stereocenters. The molecule has 0 atom stereocenters. The fraction of sp³-hybridized carbons (Fsp3) is 0.190. The van der Waals surface area contributed by atoms with Crippen molar-refractivity contribution in [1.82, 2.24) is 4.72 Å². The Morgan fingerprint density at radius 3 is 2.46 bits per heavy atom. The van der Waals surface area contributed by atoms with Crippen LogP contribution in [0.3, 0.4) is 0 Å². The summed E-state index contributed by atoms with van der Waals surface area (Å²) in [6.45, 7) is 3.86. The number of nitrogens with one attached hydrogen (secondary N) is 2. The highest BCUT2D eigenvalue weighted by atomic mass is 32.2. The molecular weight excluding hydrogens is 376 g/mol. The van der Waals surface area contributed by atoms with Crippen molar-refractivity contribution in [3.63, 3.8) is 0 Å². The molecule has 3 rings (SSSR count). The van der Waals surface area contributed by atoms with Crippen molar-refractivity contribution in [2.45, 2.75) is 31.7 Å². The Hall–Kier alpha value is -2.90. The van der Waals surface area contributed by atoms with E-state index in [4.69, 9.17) is 4.42 Å². The number of aryl methyl sites for hydroxylation is 2. The molecule has 0 aliphatic carbocycles. The summed E-state index contributed by atoms with van der Waals surface area (Å²) in [4.78, 5) is 12.7. The number of anilines is 1. The third kappa shape index (κ3) is 4.68. The highest BCUT2D eigenvalue weighted by Gasteiger charge is 2.18. The van der Waals surface area contributed by atoms with Crippen molar-refractivity contribution in [2.24, 2.45) is 0 Å². The number of benzene rings is 2. The van der Waals surface area contributed by atoms with E-state index in [1.807, 2.05) is 24.3 Å². The lowest BCUT2D eigenvalue weighted by Gasteiger charge is -2.11. The molecule has 0 radical (unpaired) electrons. The van der Waals surface area contributed by atoms with E-state index in [0.717, 1.165) is 6.42 Å². The van der Waals surface area contributed by atoms with Gasteiger partial charge in [-0.25, -0.2) is 13.1 Å². The first-order valence-electron chi connectivity index (χ1n) is 8.92. The summed E-state index contributed by atoms with van der Waals surface area (Å²) in [6.07, 6.45) is 2.39. The lowest BCUT2D eigenvalue weighted by molar-refractivity contribution is 0.102. The summed E-state index contributed by atoms with van der Waals surface area (Å²) >= 11 is 0. The molecule has 1 aromatic heterocycles. The second-order valence-corrected chi connectivity index (χ2v) is 8.15. The van der Waals surface area contributed by atoms with Gasteiger partial charge in [0.15, 0.2) is 0 Å². The smallest absolute Gasteiger partial charge is 0.255 e. The fourth-order valence-electron chi connectivity index (χ4n) is 2.70. The molecule has 7 heteroatoms. The number of rotatable bonds is 7. The average Bonchev–Trinajstić information content (AvgIpc) is 3.21. The van der Waals surface area contributed by atoms with Crippen LogP contribution in [0.4, 0.5) is 5.69 Å². The Labute approximate surface area is 164 Å². The SMILES string of the molecule is CCc1ccc(NC(=O)c2cc(S(=O)(=O)NCc3ccco3)ccc2C)cc1. The van der Waals surface area contributed by atoms with Crippen molar-refractivity contribution in [1.29, 1.82) is 0 Å². The lowest BCUT2D eigenvalue weighted by atomic mass is 10.1. The van der Waals surface area contributed by atoms with Crippen LogP contribution < -0.4 is 10.0 Å². The van der Waals surface area contributed by atoms with Crippen LogP contribution in [-0.4, -0.2) is 14.3 Å². The predicted octanol–water partition coefficient (Wildman–Crippen LogP) is 3.88.